The molecule has 1 fully saturated rings. The molecule has 6 nitrogen and oxygen atoms in total. The molecule has 1 aromatic carbocycles. The Morgan fingerprint density at radius 2 is 1.70 bits per heavy atom. The number of benzene rings is 1. The average Bonchev–Trinajstić information content (AvgIpc) is 2.47. The number of aryl methyl sites for hydroxylation is 2. The highest BCUT2D eigenvalue weighted by Gasteiger charge is 2.26. The fourth-order valence-corrected chi connectivity index (χ4v) is 4.71. The van der Waals surface area contributed by atoms with E-state index in [2.05, 4.69) is 4.72 Å². The molecule has 0 amide bonds. The summed E-state index contributed by atoms with van der Waals surface area (Å²) >= 11 is 0. The van der Waals surface area contributed by atoms with Gasteiger partial charge in [-0.1, -0.05) is 6.07 Å². The summed E-state index contributed by atoms with van der Waals surface area (Å²) < 4.78 is 51.7. The van der Waals surface area contributed by atoms with Crippen molar-refractivity contribution in [1.29, 1.82) is 0 Å². The van der Waals surface area contributed by atoms with Crippen LogP contribution in [0.15, 0.2) is 23.1 Å². The number of nitrogens with zero attached hydrogens (tertiary/aromatic N) is 1. The van der Waals surface area contributed by atoms with Gasteiger partial charge in [-0.2, -0.15) is 0 Å². The lowest BCUT2D eigenvalue weighted by Crippen LogP contribution is -2.41. The number of nitrogens with one attached hydrogen (secondary N) is 1. The van der Waals surface area contributed by atoms with Gasteiger partial charge < -0.3 is 0 Å². The van der Waals surface area contributed by atoms with Crippen LogP contribution in [0.25, 0.3) is 0 Å². The first-order valence-corrected chi connectivity index (χ1v) is 10.9. The predicted molar refractivity (Wildman–Crippen MR) is 90.2 cm³/mol. The Bertz CT molecular complexity index is 765. The van der Waals surface area contributed by atoms with Crippen LogP contribution < -0.4 is 4.72 Å². The molecule has 1 N–H and O–H groups in total. The van der Waals surface area contributed by atoms with Crippen molar-refractivity contribution >= 4 is 20.0 Å². The Labute approximate surface area is 139 Å². The van der Waals surface area contributed by atoms with Crippen LogP contribution in [-0.2, 0) is 20.0 Å². The molecule has 0 aromatic heterocycles. The molecule has 1 aromatic rings. The highest BCUT2D eigenvalue weighted by molar-refractivity contribution is 7.89. The summed E-state index contributed by atoms with van der Waals surface area (Å²) in [6.07, 6.45) is 2.54. The second-order valence-corrected chi connectivity index (χ2v) is 9.95. The molecule has 0 bridgehead atoms. The molecule has 0 spiro atoms. The third-order valence-electron chi connectivity index (χ3n) is 4.39. The van der Waals surface area contributed by atoms with Crippen molar-refractivity contribution in [3.8, 4) is 0 Å². The molecule has 1 aliphatic rings. The van der Waals surface area contributed by atoms with Crippen molar-refractivity contribution in [2.75, 3.05) is 25.9 Å². The molecule has 1 heterocycles. The minimum Gasteiger partial charge on any atom is -0.213 e. The SMILES string of the molecule is Cc1ccc(S(=O)(=O)NCC2CCN(S(C)(=O)=O)CC2)cc1C. The van der Waals surface area contributed by atoms with E-state index in [1.54, 1.807) is 18.2 Å². The van der Waals surface area contributed by atoms with Gasteiger partial charge in [0, 0.05) is 19.6 Å². The van der Waals surface area contributed by atoms with Gasteiger partial charge in [0.25, 0.3) is 0 Å². The van der Waals surface area contributed by atoms with Crippen molar-refractivity contribution in [3.05, 3.63) is 29.3 Å². The van der Waals surface area contributed by atoms with Gasteiger partial charge in [0.2, 0.25) is 20.0 Å². The van der Waals surface area contributed by atoms with E-state index in [1.165, 1.54) is 10.6 Å². The first kappa shape index (κ1) is 18.4. The lowest BCUT2D eigenvalue weighted by molar-refractivity contribution is 0.275. The molecule has 0 atom stereocenters. The smallest absolute Gasteiger partial charge is 0.213 e. The summed E-state index contributed by atoms with van der Waals surface area (Å²) in [6, 6.07) is 5.08. The van der Waals surface area contributed by atoms with E-state index in [-0.39, 0.29) is 10.8 Å². The van der Waals surface area contributed by atoms with Crippen LogP contribution >= 0.6 is 0 Å². The molecular formula is C15H24N2O4S2. The molecule has 23 heavy (non-hydrogen) atoms. The van der Waals surface area contributed by atoms with Gasteiger partial charge in [-0.3, -0.25) is 0 Å². The zero-order valence-electron chi connectivity index (χ0n) is 13.7. The molecule has 1 aliphatic heterocycles. The van der Waals surface area contributed by atoms with Crippen LogP contribution in [0.1, 0.15) is 24.0 Å². The van der Waals surface area contributed by atoms with Crippen molar-refractivity contribution in [3.63, 3.8) is 0 Å². The van der Waals surface area contributed by atoms with Gasteiger partial charge in [-0.05, 0) is 55.9 Å². The number of hydrogen-bond acceptors (Lipinski definition) is 4. The van der Waals surface area contributed by atoms with Crippen molar-refractivity contribution in [2.24, 2.45) is 5.92 Å². The van der Waals surface area contributed by atoms with Gasteiger partial charge >= 0.3 is 0 Å². The van der Waals surface area contributed by atoms with E-state index in [0.717, 1.165) is 11.1 Å². The summed E-state index contributed by atoms with van der Waals surface area (Å²) in [5, 5.41) is 0. The van der Waals surface area contributed by atoms with Crippen molar-refractivity contribution in [2.45, 2.75) is 31.6 Å². The van der Waals surface area contributed by atoms with Gasteiger partial charge in [0.1, 0.15) is 0 Å². The Balaban J connectivity index is 1.94. The van der Waals surface area contributed by atoms with E-state index in [9.17, 15) is 16.8 Å². The molecule has 0 radical (unpaired) electrons. The topological polar surface area (TPSA) is 83.6 Å². The zero-order chi connectivity index (χ0) is 17.3. The monoisotopic (exact) mass is 360 g/mol. The molecule has 0 aliphatic carbocycles. The summed E-state index contributed by atoms with van der Waals surface area (Å²) in [5.74, 6) is 0.161. The first-order valence-electron chi connectivity index (χ1n) is 7.61. The molecule has 2 rings (SSSR count). The highest BCUT2D eigenvalue weighted by Crippen LogP contribution is 2.20. The minimum absolute atomic E-state index is 0.161. The van der Waals surface area contributed by atoms with E-state index in [4.69, 9.17) is 0 Å². The van der Waals surface area contributed by atoms with E-state index in [1.807, 2.05) is 13.8 Å². The van der Waals surface area contributed by atoms with Gasteiger partial charge in [0.05, 0.1) is 11.2 Å². The van der Waals surface area contributed by atoms with Crippen LogP contribution in [0, 0.1) is 19.8 Å². The minimum atomic E-state index is -3.52. The van der Waals surface area contributed by atoms with Crippen LogP contribution in [0.5, 0.6) is 0 Å². The standard InChI is InChI=1S/C15H24N2O4S2/c1-12-4-5-15(10-13(12)2)23(20,21)16-11-14-6-8-17(9-7-14)22(3,18)19/h4-5,10,14,16H,6-9,11H2,1-3H3. The number of sulfonamides is 2. The number of hydrogen-bond donors (Lipinski definition) is 1. The molecule has 1 saturated heterocycles. The molecular weight excluding hydrogens is 336 g/mol. The second-order valence-electron chi connectivity index (χ2n) is 6.20. The maximum Gasteiger partial charge on any atom is 0.240 e. The Morgan fingerprint density at radius 1 is 1.09 bits per heavy atom. The van der Waals surface area contributed by atoms with Crippen molar-refractivity contribution in [1.82, 2.24) is 9.03 Å². The lowest BCUT2D eigenvalue weighted by atomic mass is 9.99. The largest absolute Gasteiger partial charge is 0.240 e. The second kappa shape index (κ2) is 6.88. The van der Waals surface area contributed by atoms with Crippen LogP contribution in [-0.4, -0.2) is 47.0 Å². The predicted octanol–water partition coefficient (Wildman–Crippen LogP) is 1.25. The van der Waals surface area contributed by atoms with Gasteiger partial charge in [-0.25, -0.2) is 25.9 Å². The van der Waals surface area contributed by atoms with Gasteiger partial charge in [0.15, 0.2) is 0 Å². The molecule has 0 unspecified atom stereocenters. The van der Waals surface area contributed by atoms with Gasteiger partial charge in [-0.15, -0.1) is 0 Å². The Kier molecular flexibility index (Phi) is 5.50. The summed E-state index contributed by atoms with van der Waals surface area (Å²) in [6.45, 7) is 5.07. The van der Waals surface area contributed by atoms with Crippen LogP contribution in [0.3, 0.4) is 0 Å². The summed E-state index contributed by atoms with van der Waals surface area (Å²) in [4.78, 5) is 0.272. The zero-order valence-corrected chi connectivity index (χ0v) is 15.4. The van der Waals surface area contributed by atoms with Crippen LogP contribution in [0.2, 0.25) is 0 Å². The fraction of sp³-hybridized carbons (Fsp3) is 0.600. The lowest BCUT2D eigenvalue weighted by Gasteiger charge is -2.30. The maximum atomic E-state index is 12.3. The Hall–Kier alpha value is -0.960. The molecule has 130 valence electrons. The summed E-state index contributed by atoms with van der Waals surface area (Å²) in [5.41, 5.74) is 1.99. The van der Waals surface area contributed by atoms with Crippen LogP contribution in [0.4, 0.5) is 0 Å². The third kappa shape index (κ3) is 4.76. The van der Waals surface area contributed by atoms with E-state index in [0.29, 0.717) is 32.5 Å². The van der Waals surface area contributed by atoms with E-state index < -0.39 is 20.0 Å². The molecule has 0 saturated carbocycles. The molecule has 8 heteroatoms. The van der Waals surface area contributed by atoms with Crippen molar-refractivity contribution < 1.29 is 16.8 Å². The quantitative estimate of drug-likeness (QED) is 0.857. The normalized spacial score (nSPS) is 18.2. The Morgan fingerprint density at radius 3 is 2.22 bits per heavy atom. The van der Waals surface area contributed by atoms with E-state index >= 15 is 0 Å². The first-order chi connectivity index (χ1) is 10.6. The third-order valence-corrected chi connectivity index (χ3v) is 7.12. The number of rotatable bonds is 5. The highest BCUT2D eigenvalue weighted by atomic mass is 32.2. The maximum absolute atomic E-state index is 12.3. The summed E-state index contributed by atoms with van der Waals surface area (Å²) in [7, 11) is -6.67. The number of piperidine rings is 1. The average molecular weight is 361 g/mol. The fourth-order valence-electron chi connectivity index (χ4n) is 2.64.